The lowest BCUT2D eigenvalue weighted by Gasteiger charge is -2.09. The molecule has 1 heterocycles. The predicted octanol–water partition coefficient (Wildman–Crippen LogP) is 3.77. The van der Waals surface area contributed by atoms with Crippen molar-refractivity contribution in [3.63, 3.8) is 0 Å². The van der Waals surface area contributed by atoms with Crippen LogP contribution in [0.4, 0.5) is 11.5 Å². The molecule has 0 fully saturated rings. The number of benzene rings is 1. The standard InChI is InChI=1S/C12H9Cl2N3S/c13-7-4-5-8(14)10(6-7)17-11-3-1-2-9(16-11)12(15)18/h1-6H,(H2,15,18)(H,16,17). The predicted molar refractivity (Wildman–Crippen MR) is 79.9 cm³/mol. The van der Waals surface area contributed by atoms with Gasteiger partial charge in [0, 0.05) is 5.02 Å². The summed E-state index contributed by atoms with van der Waals surface area (Å²) in [6.45, 7) is 0. The number of aromatic nitrogens is 1. The Bertz CT molecular complexity index is 602. The Labute approximate surface area is 120 Å². The van der Waals surface area contributed by atoms with Crippen molar-refractivity contribution in [1.29, 1.82) is 0 Å². The van der Waals surface area contributed by atoms with Gasteiger partial charge in [-0.1, -0.05) is 41.5 Å². The van der Waals surface area contributed by atoms with E-state index >= 15 is 0 Å². The number of hydrogen-bond acceptors (Lipinski definition) is 3. The van der Waals surface area contributed by atoms with E-state index in [0.717, 1.165) is 0 Å². The monoisotopic (exact) mass is 297 g/mol. The molecule has 0 aliphatic heterocycles. The molecular formula is C12H9Cl2N3S. The summed E-state index contributed by atoms with van der Waals surface area (Å²) in [7, 11) is 0. The first-order chi connectivity index (χ1) is 8.56. The Balaban J connectivity index is 2.31. The van der Waals surface area contributed by atoms with Crippen LogP contribution in [0, 0.1) is 0 Å². The molecule has 0 amide bonds. The highest BCUT2D eigenvalue weighted by Crippen LogP contribution is 2.27. The highest BCUT2D eigenvalue weighted by atomic mass is 35.5. The van der Waals surface area contributed by atoms with E-state index in [1.54, 1.807) is 30.3 Å². The Morgan fingerprint density at radius 3 is 2.72 bits per heavy atom. The fraction of sp³-hybridized carbons (Fsp3) is 0. The quantitative estimate of drug-likeness (QED) is 0.847. The van der Waals surface area contributed by atoms with Gasteiger partial charge in [-0.05, 0) is 30.3 Å². The summed E-state index contributed by atoms with van der Waals surface area (Å²) < 4.78 is 0. The van der Waals surface area contributed by atoms with Crippen molar-refractivity contribution in [2.75, 3.05) is 5.32 Å². The molecule has 3 nitrogen and oxygen atoms in total. The van der Waals surface area contributed by atoms with Gasteiger partial charge >= 0.3 is 0 Å². The number of thiocarbonyl (C=S) groups is 1. The number of nitrogens with zero attached hydrogens (tertiary/aromatic N) is 1. The molecule has 6 heteroatoms. The number of halogens is 2. The number of pyridine rings is 1. The number of hydrogen-bond donors (Lipinski definition) is 2. The van der Waals surface area contributed by atoms with Crippen molar-refractivity contribution in [1.82, 2.24) is 4.98 Å². The minimum Gasteiger partial charge on any atom is -0.388 e. The lowest BCUT2D eigenvalue weighted by molar-refractivity contribution is 1.28. The molecule has 18 heavy (non-hydrogen) atoms. The molecule has 1 aromatic heterocycles. The van der Waals surface area contributed by atoms with E-state index in [9.17, 15) is 0 Å². The van der Waals surface area contributed by atoms with Gasteiger partial charge in [0.15, 0.2) is 0 Å². The third kappa shape index (κ3) is 3.10. The van der Waals surface area contributed by atoms with Gasteiger partial charge in [-0.3, -0.25) is 0 Å². The van der Waals surface area contributed by atoms with Crippen molar-refractivity contribution in [2.24, 2.45) is 5.73 Å². The van der Waals surface area contributed by atoms with Gasteiger partial charge in [-0.2, -0.15) is 0 Å². The molecule has 0 saturated carbocycles. The van der Waals surface area contributed by atoms with Crippen LogP contribution in [0.2, 0.25) is 10.0 Å². The van der Waals surface area contributed by atoms with Crippen LogP contribution in [0.5, 0.6) is 0 Å². The van der Waals surface area contributed by atoms with Gasteiger partial charge < -0.3 is 11.1 Å². The summed E-state index contributed by atoms with van der Waals surface area (Å²) in [6, 6.07) is 10.5. The van der Waals surface area contributed by atoms with E-state index in [2.05, 4.69) is 10.3 Å². The molecule has 0 saturated heterocycles. The molecule has 92 valence electrons. The topological polar surface area (TPSA) is 50.9 Å². The normalized spacial score (nSPS) is 10.1. The van der Waals surface area contributed by atoms with Crippen molar-refractivity contribution in [2.45, 2.75) is 0 Å². The fourth-order valence-corrected chi connectivity index (χ4v) is 1.82. The highest BCUT2D eigenvalue weighted by Gasteiger charge is 2.04. The zero-order valence-electron chi connectivity index (χ0n) is 9.15. The summed E-state index contributed by atoms with van der Waals surface area (Å²) in [6.07, 6.45) is 0. The van der Waals surface area contributed by atoms with Crippen LogP contribution in [0.3, 0.4) is 0 Å². The lowest BCUT2D eigenvalue weighted by Crippen LogP contribution is -2.12. The minimum absolute atomic E-state index is 0.246. The molecular weight excluding hydrogens is 289 g/mol. The van der Waals surface area contributed by atoms with E-state index in [1.165, 1.54) is 0 Å². The molecule has 3 N–H and O–H groups in total. The molecule has 2 aromatic rings. The smallest absolute Gasteiger partial charge is 0.131 e. The van der Waals surface area contributed by atoms with Crippen LogP contribution < -0.4 is 11.1 Å². The first-order valence-corrected chi connectivity index (χ1v) is 6.21. The number of nitrogens with one attached hydrogen (secondary N) is 1. The SMILES string of the molecule is NC(=S)c1cccc(Nc2cc(Cl)ccc2Cl)n1. The molecule has 0 atom stereocenters. The minimum atomic E-state index is 0.246. The summed E-state index contributed by atoms with van der Waals surface area (Å²) in [5.41, 5.74) is 6.75. The van der Waals surface area contributed by atoms with Crippen LogP contribution >= 0.6 is 35.4 Å². The third-order valence-electron chi connectivity index (χ3n) is 2.19. The van der Waals surface area contributed by atoms with Crippen molar-refractivity contribution in [3.05, 3.63) is 52.1 Å². The van der Waals surface area contributed by atoms with Crippen LogP contribution in [0.15, 0.2) is 36.4 Å². The summed E-state index contributed by atoms with van der Waals surface area (Å²) in [4.78, 5) is 4.51. The van der Waals surface area contributed by atoms with E-state index in [4.69, 9.17) is 41.2 Å². The maximum absolute atomic E-state index is 6.05. The van der Waals surface area contributed by atoms with E-state index in [1.807, 2.05) is 6.07 Å². The van der Waals surface area contributed by atoms with E-state index in [0.29, 0.717) is 27.2 Å². The first kappa shape index (κ1) is 13.1. The highest BCUT2D eigenvalue weighted by molar-refractivity contribution is 7.80. The lowest BCUT2D eigenvalue weighted by atomic mass is 10.3. The molecule has 0 spiro atoms. The Hall–Kier alpha value is -1.36. The Kier molecular flexibility index (Phi) is 4.01. The zero-order chi connectivity index (χ0) is 13.1. The van der Waals surface area contributed by atoms with Gasteiger partial charge in [0.2, 0.25) is 0 Å². The van der Waals surface area contributed by atoms with Crippen LogP contribution in [-0.2, 0) is 0 Å². The second-order valence-electron chi connectivity index (χ2n) is 3.52. The van der Waals surface area contributed by atoms with Gasteiger partial charge in [0.1, 0.15) is 10.8 Å². The number of anilines is 2. The van der Waals surface area contributed by atoms with Crippen molar-refractivity contribution >= 4 is 51.9 Å². The second kappa shape index (κ2) is 5.52. The second-order valence-corrected chi connectivity index (χ2v) is 4.80. The molecule has 1 aromatic carbocycles. The summed E-state index contributed by atoms with van der Waals surface area (Å²) >= 11 is 16.8. The van der Waals surface area contributed by atoms with E-state index < -0.39 is 0 Å². The molecule has 0 aliphatic carbocycles. The van der Waals surface area contributed by atoms with Crippen LogP contribution in [-0.4, -0.2) is 9.97 Å². The molecule has 2 rings (SSSR count). The van der Waals surface area contributed by atoms with Gasteiger partial charge in [0.25, 0.3) is 0 Å². The van der Waals surface area contributed by atoms with Crippen molar-refractivity contribution < 1.29 is 0 Å². The van der Waals surface area contributed by atoms with Crippen molar-refractivity contribution in [3.8, 4) is 0 Å². The average Bonchev–Trinajstić information content (AvgIpc) is 2.34. The van der Waals surface area contributed by atoms with Crippen LogP contribution in [0.1, 0.15) is 5.69 Å². The molecule has 0 radical (unpaired) electrons. The Morgan fingerprint density at radius 2 is 2.00 bits per heavy atom. The largest absolute Gasteiger partial charge is 0.388 e. The maximum atomic E-state index is 6.05. The van der Waals surface area contributed by atoms with Crippen LogP contribution in [0.25, 0.3) is 0 Å². The third-order valence-corrected chi connectivity index (χ3v) is 2.97. The average molecular weight is 298 g/mol. The molecule has 0 aliphatic rings. The molecule has 0 bridgehead atoms. The summed E-state index contributed by atoms with van der Waals surface area (Å²) in [5, 5.41) is 4.21. The fourth-order valence-electron chi connectivity index (χ4n) is 1.37. The van der Waals surface area contributed by atoms with E-state index in [-0.39, 0.29) is 4.99 Å². The number of nitrogens with two attached hydrogens (primary N) is 1. The Morgan fingerprint density at radius 1 is 1.22 bits per heavy atom. The van der Waals surface area contributed by atoms with Gasteiger partial charge in [-0.25, -0.2) is 4.98 Å². The van der Waals surface area contributed by atoms with Gasteiger partial charge in [0.05, 0.1) is 16.4 Å². The first-order valence-electron chi connectivity index (χ1n) is 5.05. The zero-order valence-corrected chi connectivity index (χ0v) is 11.5. The number of rotatable bonds is 3. The summed E-state index contributed by atoms with van der Waals surface area (Å²) in [5.74, 6) is 0.601. The van der Waals surface area contributed by atoms with Gasteiger partial charge in [-0.15, -0.1) is 0 Å². The molecule has 0 unspecified atom stereocenters. The maximum Gasteiger partial charge on any atom is 0.131 e.